The first kappa shape index (κ1) is 43.5. The number of unbranched alkanes of at least 4 members (excludes halogenated alkanes) is 16. The van der Waals surface area contributed by atoms with Gasteiger partial charge >= 0.3 is 19.8 Å². The molecular weight excluding hydrogens is 593 g/mol. The van der Waals surface area contributed by atoms with E-state index < -0.39 is 32.5 Å². The van der Waals surface area contributed by atoms with Crippen LogP contribution in [0.25, 0.3) is 0 Å². The number of phosphoric ester groups is 1. The van der Waals surface area contributed by atoms with E-state index >= 15 is 0 Å². The molecule has 2 unspecified atom stereocenters. The molecule has 0 saturated heterocycles. The number of allylic oxidation sites excluding steroid dienone is 4. The Morgan fingerprint density at radius 2 is 1.20 bits per heavy atom. The van der Waals surface area contributed by atoms with Crippen LogP contribution in [0.2, 0.25) is 0 Å². The fourth-order valence-electron chi connectivity index (χ4n) is 4.69. The number of hydrogen-bond acceptors (Lipinski definition) is 8. The number of carbonyl (C=O) groups excluding carboxylic acids is 2. The third kappa shape index (κ3) is 32.2. The first-order valence-electron chi connectivity index (χ1n) is 17.8. The van der Waals surface area contributed by atoms with E-state index in [9.17, 15) is 19.0 Å². The van der Waals surface area contributed by atoms with Gasteiger partial charge in [-0.2, -0.15) is 0 Å². The Morgan fingerprint density at radius 1 is 0.667 bits per heavy atom. The minimum Gasteiger partial charge on any atom is -0.462 e. The Balaban J connectivity index is 4.35. The van der Waals surface area contributed by atoms with Crippen LogP contribution in [0.15, 0.2) is 24.3 Å². The van der Waals surface area contributed by atoms with Gasteiger partial charge in [0, 0.05) is 19.4 Å². The lowest BCUT2D eigenvalue weighted by Gasteiger charge is -2.19. The predicted octanol–water partition coefficient (Wildman–Crippen LogP) is 9.27. The van der Waals surface area contributed by atoms with Gasteiger partial charge in [0.2, 0.25) is 0 Å². The normalized spacial score (nSPS) is 13.8. The summed E-state index contributed by atoms with van der Waals surface area (Å²) >= 11 is 0. The molecule has 2 atom stereocenters. The van der Waals surface area contributed by atoms with E-state index in [0.717, 1.165) is 32.1 Å². The van der Waals surface area contributed by atoms with Crippen molar-refractivity contribution in [1.82, 2.24) is 0 Å². The number of phosphoric acid groups is 1. The first-order valence-corrected chi connectivity index (χ1v) is 19.3. The van der Waals surface area contributed by atoms with Crippen molar-refractivity contribution in [1.29, 1.82) is 0 Å². The maximum absolute atomic E-state index is 12.4. The molecule has 0 heterocycles. The van der Waals surface area contributed by atoms with Crippen LogP contribution < -0.4 is 5.73 Å². The maximum Gasteiger partial charge on any atom is 0.472 e. The van der Waals surface area contributed by atoms with Crippen LogP contribution in [-0.2, 0) is 32.7 Å². The molecule has 45 heavy (non-hydrogen) atoms. The van der Waals surface area contributed by atoms with Gasteiger partial charge in [0.25, 0.3) is 0 Å². The quantitative estimate of drug-likeness (QED) is 0.0306. The zero-order valence-corrected chi connectivity index (χ0v) is 29.5. The van der Waals surface area contributed by atoms with Gasteiger partial charge in [0.1, 0.15) is 6.61 Å². The molecule has 0 aromatic carbocycles. The van der Waals surface area contributed by atoms with E-state index in [2.05, 4.69) is 26.0 Å². The average molecular weight is 660 g/mol. The van der Waals surface area contributed by atoms with E-state index in [1.165, 1.54) is 89.9 Å². The number of ether oxygens (including phenoxy) is 2. The molecule has 264 valence electrons. The Kier molecular flexibility index (Phi) is 31.3. The number of esters is 2. The lowest BCUT2D eigenvalue weighted by molar-refractivity contribution is -0.161. The van der Waals surface area contributed by atoms with Crippen molar-refractivity contribution in [2.45, 2.75) is 161 Å². The molecule has 0 saturated carbocycles. The fourth-order valence-corrected chi connectivity index (χ4v) is 5.45. The fraction of sp³-hybridized carbons (Fsp3) is 0.829. The summed E-state index contributed by atoms with van der Waals surface area (Å²) in [5.74, 6) is -0.907. The summed E-state index contributed by atoms with van der Waals surface area (Å²) in [6.45, 7) is 3.63. The monoisotopic (exact) mass is 659 g/mol. The number of hydrogen-bond donors (Lipinski definition) is 2. The molecule has 10 heteroatoms. The van der Waals surface area contributed by atoms with Crippen molar-refractivity contribution < 1.29 is 37.6 Å². The van der Waals surface area contributed by atoms with E-state index in [0.29, 0.717) is 6.42 Å². The first-order chi connectivity index (χ1) is 21.8. The molecule has 0 rings (SSSR count). The largest absolute Gasteiger partial charge is 0.472 e. The van der Waals surface area contributed by atoms with Crippen molar-refractivity contribution >= 4 is 19.8 Å². The number of rotatable bonds is 33. The molecule has 0 radical (unpaired) electrons. The Labute approximate surface area is 274 Å². The van der Waals surface area contributed by atoms with Gasteiger partial charge in [0.05, 0.1) is 13.2 Å². The van der Waals surface area contributed by atoms with Crippen molar-refractivity contribution in [3.63, 3.8) is 0 Å². The van der Waals surface area contributed by atoms with Gasteiger partial charge < -0.3 is 20.1 Å². The van der Waals surface area contributed by atoms with Gasteiger partial charge in [-0.15, -0.1) is 0 Å². The van der Waals surface area contributed by atoms with Gasteiger partial charge in [-0.1, -0.05) is 134 Å². The van der Waals surface area contributed by atoms with Crippen LogP contribution in [0.3, 0.4) is 0 Å². The highest BCUT2D eigenvalue weighted by Gasteiger charge is 2.25. The highest BCUT2D eigenvalue weighted by molar-refractivity contribution is 7.47. The summed E-state index contributed by atoms with van der Waals surface area (Å²) < 4.78 is 32.5. The third-order valence-electron chi connectivity index (χ3n) is 7.35. The van der Waals surface area contributed by atoms with Crippen LogP contribution in [0.4, 0.5) is 0 Å². The molecule has 0 aromatic heterocycles. The van der Waals surface area contributed by atoms with Gasteiger partial charge in [-0.3, -0.25) is 18.6 Å². The molecule has 0 amide bonds. The second-order valence-corrected chi connectivity index (χ2v) is 13.2. The van der Waals surface area contributed by atoms with Crippen LogP contribution in [-0.4, -0.2) is 49.3 Å². The summed E-state index contributed by atoms with van der Waals surface area (Å²) in [5.41, 5.74) is 5.31. The van der Waals surface area contributed by atoms with Crippen LogP contribution in [0.1, 0.15) is 155 Å². The maximum atomic E-state index is 12.4. The smallest absolute Gasteiger partial charge is 0.462 e. The topological polar surface area (TPSA) is 134 Å². The van der Waals surface area contributed by atoms with E-state index in [1.54, 1.807) is 0 Å². The van der Waals surface area contributed by atoms with Gasteiger partial charge in [-0.25, -0.2) is 4.57 Å². The summed E-state index contributed by atoms with van der Waals surface area (Å²) in [6.07, 6.45) is 30.8. The molecule has 0 aliphatic heterocycles. The Hall–Kier alpha value is -1.51. The third-order valence-corrected chi connectivity index (χ3v) is 8.34. The molecule has 0 spiro atoms. The van der Waals surface area contributed by atoms with Crippen molar-refractivity contribution in [3.05, 3.63) is 24.3 Å². The Bertz CT molecular complexity index is 805. The summed E-state index contributed by atoms with van der Waals surface area (Å²) in [7, 11) is -4.38. The standard InChI is InChI=1S/C35H66NO8P/c1-3-5-7-9-11-13-15-16-18-20-22-24-26-28-35(38)44-33(32-43-45(39,40)42-30-29-36)31-41-34(37)27-25-23-21-19-17-14-12-10-8-6-4-2/h16,18,22,24,33H,3-15,17,19-21,23,25-32,36H2,1-2H3,(H,39,40)/b18-16+,24-22+. The van der Waals surface area contributed by atoms with E-state index in [-0.39, 0.29) is 32.6 Å². The molecular formula is C35H66NO8P. The second-order valence-electron chi connectivity index (χ2n) is 11.7. The van der Waals surface area contributed by atoms with Crippen LogP contribution >= 0.6 is 7.82 Å². The molecule has 0 aliphatic carbocycles. The number of nitrogens with two attached hydrogens (primary N) is 1. The van der Waals surface area contributed by atoms with Crippen molar-refractivity contribution in [3.8, 4) is 0 Å². The number of carbonyl (C=O) groups is 2. The lowest BCUT2D eigenvalue weighted by Crippen LogP contribution is -2.29. The minimum atomic E-state index is -4.38. The average Bonchev–Trinajstić information content (AvgIpc) is 3.02. The summed E-state index contributed by atoms with van der Waals surface area (Å²) in [6, 6.07) is 0. The second kappa shape index (κ2) is 32.4. The van der Waals surface area contributed by atoms with Crippen LogP contribution in [0, 0.1) is 0 Å². The van der Waals surface area contributed by atoms with E-state index in [4.69, 9.17) is 24.3 Å². The molecule has 0 fully saturated rings. The SMILES string of the molecule is CCCCCCCC/C=C/C/C=C/CCC(=O)OC(COC(=O)CCCCCCCCCCCCC)COP(=O)(O)OCCN. The molecule has 0 aliphatic rings. The summed E-state index contributed by atoms with van der Waals surface area (Å²) in [4.78, 5) is 34.5. The molecule has 0 aromatic rings. The van der Waals surface area contributed by atoms with E-state index in [1.807, 2.05) is 12.2 Å². The van der Waals surface area contributed by atoms with Crippen LogP contribution in [0.5, 0.6) is 0 Å². The summed E-state index contributed by atoms with van der Waals surface area (Å²) in [5, 5.41) is 0. The Morgan fingerprint density at radius 3 is 1.78 bits per heavy atom. The highest BCUT2D eigenvalue weighted by Crippen LogP contribution is 2.43. The zero-order chi connectivity index (χ0) is 33.3. The molecule has 0 bridgehead atoms. The van der Waals surface area contributed by atoms with Crippen molar-refractivity contribution in [2.75, 3.05) is 26.4 Å². The highest BCUT2D eigenvalue weighted by atomic mass is 31.2. The minimum absolute atomic E-state index is 0.0470. The predicted molar refractivity (Wildman–Crippen MR) is 183 cm³/mol. The lowest BCUT2D eigenvalue weighted by atomic mass is 10.1. The van der Waals surface area contributed by atoms with Gasteiger partial charge in [0.15, 0.2) is 6.10 Å². The molecule has 3 N–H and O–H groups in total. The van der Waals surface area contributed by atoms with Gasteiger partial charge in [-0.05, 0) is 32.1 Å². The molecule has 9 nitrogen and oxygen atoms in total. The van der Waals surface area contributed by atoms with Crippen molar-refractivity contribution in [2.24, 2.45) is 5.73 Å². The zero-order valence-electron chi connectivity index (χ0n) is 28.6.